The lowest BCUT2D eigenvalue weighted by Crippen LogP contribution is -2.47. The lowest BCUT2D eigenvalue weighted by atomic mass is 9.99. The number of benzene rings is 1. The second-order valence-corrected chi connectivity index (χ2v) is 6.12. The van der Waals surface area contributed by atoms with Crippen LogP contribution in [-0.2, 0) is 4.79 Å². The highest BCUT2D eigenvalue weighted by atomic mass is 35.5. The normalized spacial score (nSPS) is 21.1. The molecule has 2 N–H and O–H groups in total. The number of nitrogens with one attached hydrogen (secondary N) is 2. The Labute approximate surface area is 129 Å². The first-order valence-corrected chi connectivity index (χ1v) is 7.29. The van der Waals surface area contributed by atoms with Crippen LogP contribution in [0, 0.1) is 0 Å². The second kappa shape index (κ2) is 6.03. The van der Waals surface area contributed by atoms with Gasteiger partial charge in [-0.05, 0) is 44.5 Å². The van der Waals surface area contributed by atoms with Gasteiger partial charge in [-0.25, -0.2) is 0 Å². The summed E-state index contributed by atoms with van der Waals surface area (Å²) >= 11 is 6.05. The first-order valence-electron chi connectivity index (χ1n) is 6.91. The molecular weight excluding hydrogens is 290 g/mol. The molecule has 114 valence electrons. The molecule has 0 radical (unpaired) electrons. The van der Waals surface area contributed by atoms with E-state index in [0.29, 0.717) is 16.3 Å². The van der Waals surface area contributed by atoms with Crippen molar-refractivity contribution in [2.45, 2.75) is 25.3 Å². The topological polar surface area (TPSA) is 61.4 Å². The Balaban J connectivity index is 2.19. The van der Waals surface area contributed by atoms with E-state index in [-0.39, 0.29) is 11.8 Å². The molecule has 0 aliphatic carbocycles. The predicted molar refractivity (Wildman–Crippen MR) is 83.7 cm³/mol. The zero-order chi connectivity index (χ0) is 15.6. The summed E-state index contributed by atoms with van der Waals surface area (Å²) in [5, 5.41) is 6.43. The summed E-state index contributed by atoms with van der Waals surface area (Å²) in [5.41, 5.74) is 0.402. The summed E-state index contributed by atoms with van der Waals surface area (Å²) in [6.45, 7) is 2.73. The van der Waals surface area contributed by atoms with Crippen molar-refractivity contribution in [2.24, 2.45) is 0 Å². The lowest BCUT2D eigenvalue weighted by Gasteiger charge is -2.23. The molecule has 0 aromatic heterocycles. The third kappa shape index (κ3) is 3.36. The van der Waals surface area contributed by atoms with Crippen LogP contribution in [-0.4, -0.2) is 42.9 Å². The van der Waals surface area contributed by atoms with Gasteiger partial charge in [-0.1, -0.05) is 11.6 Å². The number of anilines is 1. The highest BCUT2D eigenvalue weighted by molar-refractivity contribution is 6.34. The zero-order valence-electron chi connectivity index (χ0n) is 12.5. The van der Waals surface area contributed by atoms with Gasteiger partial charge in [-0.2, -0.15) is 0 Å². The second-order valence-electron chi connectivity index (χ2n) is 5.71. The van der Waals surface area contributed by atoms with E-state index in [4.69, 9.17) is 11.6 Å². The van der Waals surface area contributed by atoms with Gasteiger partial charge < -0.3 is 15.5 Å². The van der Waals surface area contributed by atoms with Gasteiger partial charge in [0, 0.05) is 19.8 Å². The third-order valence-corrected chi connectivity index (χ3v) is 4.06. The maximum Gasteiger partial charge on any atom is 0.254 e. The van der Waals surface area contributed by atoms with Crippen molar-refractivity contribution >= 4 is 29.1 Å². The number of carbonyl (C=O) groups is 2. The Hall–Kier alpha value is -1.59. The lowest BCUT2D eigenvalue weighted by molar-refractivity contribution is -0.121. The zero-order valence-corrected chi connectivity index (χ0v) is 13.3. The summed E-state index contributed by atoms with van der Waals surface area (Å²) in [7, 11) is 3.32. The summed E-state index contributed by atoms with van der Waals surface area (Å²) in [5.74, 6) is -0.285. The third-order valence-electron chi connectivity index (χ3n) is 3.73. The van der Waals surface area contributed by atoms with Gasteiger partial charge in [0.25, 0.3) is 5.91 Å². The van der Waals surface area contributed by atoms with Crippen molar-refractivity contribution < 1.29 is 9.59 Å². The molecule has 1 fully saturated rings. The van der Waals surface area contributed by atoms with E-state index in [1.807, 2.05) is 6.92 Å². The number of halogens is 1. The van der Waals surface area contributed by atoms with Crippen LogP contribution in [0.5, 0.6) is 0 Å². The molecule has 2 amide bonds. The summed E-state index contributed by atoms with van der Waals surface area (Å²) in [4.78, 5) is 25.8. The van der Waals surface area contributed by atoms with Crippen molar-refractivity contribution in [1.82, 2.24) is 10.2 Å². The molecule has 0 bridgehead atoms. The van der Waals surface area contributed by atoms with E-state index >= 15 is 0 Å². The van der Waals surface area contributed by atoms with E-state index in [1.165, 1.54) is 4.90 Å². The fourth-order valence-corrected chi connectivity index (χ4v) is 2.56. The summed E-state index contributed by atoms with van der Waals surface area (Å²) < 4.78 is 0. The van der Waals surface area contributed by atoms with Crippen LogP contribution in [0.3, 0.4) is 0 Å². The minimum Gasteiger partial charge on any atom is -0.345 e. The van der Waals surface area contributed by atoms with Gasteiger partial charge in [0.15, 0.2) is 0 Å². The smallest absolute Gasteiger partial charge is 0.254 e. The van der Waals surface area contributed by atoms with Gasteiger partial charge in [0.05, 0.1) is 16.1 Å². The number of nitrogens with zero attached hydrogens (tertiary/aromatic N) is 1. The predicted octanol–water partition coefficient (Wildman–Crippen LogP) is 2.12. The molecule has 1 unspecified atom stereocenters. The number of carbonyl (C=O) groups excluding carboxylic acids is 2. The Kier molecular flexibility index (Phi) is 4.54. The van der Waals surface area contributed by atoms with Crippen LogP contribution in [0.15, 0.2) is 18.2 Å². The van der Waals surface area contributed by atoms with Crippen LogP contribution >= 0.6 is 11.6 Å². The molecular formula is C15H20ClN3O2. The molecule has 0 spiro atoms. The Morgan fingerprint density at radius 3 is 2.67 bits per heavy atom. The summed E-state index contributed by atoms with van der Waals surface area (Å²) in [6, 6.07) is 4.93. The molecule has 2 rings (SSSR count). The average molecular weight is 310 g/mol. The fourth-order valence-electron chi connectivity index (χ4n) is 2.37. The monoisotopic (exact) mass is 309 g/mol. The molecule has 1 aromatic carbocycles. The maximum atomic E-state index is 12.3. The minimum absolute atomic E-state index is 0.0921. The Morgan fingerprint density at radius 1 is 1.38 bits per heavy atom. The molecule has 1 heterocycles. The Bertz CT molecular complexity index is 566. The average Bonchev–Trinajstić information content (AvgIpc) is 2.88. The molecule has 5 nitrogen and oxygen atoms in total. The van der Waals surface area contributed by atoms with Gasteiger partial charge >= 0.3 is 0 Å². The van der Waals surface area contributed by atoms with E-state index < -0.39 is 5.54 Å². The van der Waals surface area contributed by atoms with Crippen LogP contribution in [0.2, 0.25) is 5.02 Å². The van der Waals surface area contributed by atoms with Crippen LogP contribution in [0.1, 0.15) is 30.1 Å². The van der Waals surface area contributed by atoms with Gasteiger partial charge in [0.1, 0.15) is 0 Å². The molecule has 1 aliphatic rings. The van der Waals surface area contributed by atoms with Gasteiger partial charge in [-0.3, -0.25) is 9.59 Å². The van der Waals surface area contributed by atoms with E-state index in [1.54, 1.807) is 32.3 Å². The molecule has 21 heavy (non-hydrogen) atoms. The van der Waals surface area contributed by atoms with Crippen LogP contribution < -0.4 is 10.6 Å². The molecule has 0 saturated carbocycles. The van der Waals surface area contributed by atoms with Gasteiger partial charge in [-0.15, -0.1) is 0 Å². The quantitative estimate of drug-likeness (QED) is 0.899. The van der Waals surface area contributed by atoms with Crippen molar-refractivity contribution in [1.29, 1.82) is 0 Å². The van der Waals surface area contributed by atoms with E-state index in [2.05, 4.69) is 10.6 Å². The SMILES string of the molecule is CN(C)C(=O)c1cc(NC(=O)C2(C)CCCN2)ccc1Cl. The number of amides is 2. The van der Waals surface area contributed by atoms with E-state index in [9.17, 15) is 9.59 Å². The fraction of sp³-hybridized carbons (Fsp3) is 0.467. The number of hydrogen-bond acceptors (Lipinski definition) is 3. The molecule has 1 atom stereocenters. The first kappa shape index (κ1) is 15.8. The molecule has 1 aliphatic heterocycles. The minimum atomic E-state index is -0.550. The van der Waals surface area contributed by atoms with Gasteiger partial charge in [0.2, 0.25) is 5.91 Å². The van der Waals surface area contributed by atoms with Crippen LogP contribution in [0.4, 0.5) is 5.69 Å². The van der Waals surface area contributed by atoms with Crippen LogP contribution in [0.25, 0.3) is 0 Å². The standard InChI is InChI=1S/C15H20ClN3O2/c1-15(7-4-8-17-15)14(21)18-10-5-6-12(16)11(9-10)13(20)19(2)3/h5-6,9,17H,4,7-8H2,1-3H3,(H,18,21). The molecule has 1 saturated heterocycles. The maximum absolute atomic E-state index is 12.3. The first-order chi connectivity index (χ1) is 9.83. The molecule has 6 heteroatoms. The van der Waals surface area contributed by atoms with Crippen molar-refractivity contribution in [3.05, 3.63) is 28.8 Å². The highest BCUT2D eigenvalue weighted by Gasteiger charge is 2.35. The van der Waals surface area contributed by atoms with E-state index in [0.717, 1.165) is 19.4 Å². The summed E-state index contributed by atoms with van der Waals surface area (Å²) in [6.07, 6.45) is 1.78. The number of hydrogen-bond donors (Lipinski definition) is 2. The molecule has 1 aromatic rings. The Morgan fingerprint density at radius 2 is 2.10 bits per heavy atom. The van der Waals surface area contributed by atoms with Crippen molar-refractivity contribution in [2.75, 3.05) is 26.0 Å². The van der Waals surface area contributed by atoms with Crippen molar-refractivity contribution in [3.63, 3.8) is 0 Å². The number of rotatable bonds is 3. The largest absolute Gasteiger partial charge is 0.345 e. The highest BCUT2D eigenvalue weighted by Crippen LogP contribution is 2.24. The van der Waals surface area contributed by atoms with Crippen molar-refractivity contribution in [3.8, 4) is 0 Å².